The second-order valence-corrected chi connectivity index (χ2v) is 9.58. The third-order valence-corrected chi connectivity index (χ3v) is 7.07. The van der Waals surface area contributed by atoms with E-state index in [0.29, 0.717) is 0 Å². The van der Waals surface area contributed by atoms with Crippen LogP contribution < -0.4 is 0 Å². The van der Waals surface area contributed by atoms with Crippen molar-refractivity contribution in [2.24, 2.45) is 11.8 Å². The minimum Gasteiger partial charge on any atom is -0.516 e. The Labute approximate surface area is 178 Å². The van der Waals surface area contributed by atoms with Gasteiger partial charge in [-0.2, -0.15) is 0 Å². The Bertz CT molecular complexity index is 339. The summed E-state index contributed by atoms with van der Waals surface area (Å²) in [6.45, 7) is 8.62. The molecule has 0 aromatic heterocycles. The van der Waals surface area contributed by atoms with Gasteiger partial charge in [-0.05, 0) is 37.8 Å². The number of hydrogen-bond acceptors (Lipinski definition) is 4. The summed E-state index contributed by atoms with van der Waals surface area (Å²) < 4.78 is 11.0. The Morgan fingerprint density at radius 2 is 0.893 bits per heavy atom. The zero-order valence-electron chi connectivity index (χ0n) is 18.7. The lowest BCUT2D eigenvalue weighted by molar-refractivity contribution is -0.140. The van der Waals surface area contributed by atoms with Gasteiger partial charge in [0.1, 0.15) is 0 Å². The van der Waals surface area contributed by atoms with Crippen LogP contribution in [0, 0.1) is 11.8 Å². The van der Waals surface area contributed by atoms with Gasteiger partial charge < -0.3 is 8.85 Å². The SMILES string of the molecule is CCCCC(CCCC)C(=O)O[Si]CC[Si]OC(=O)C(CCCC)CCCC. The van der Waals surface area contributed by atoms with E-state index in [-0.39, 0.29) is 43.3 Å². The summed E-state index contributed by atoms with van der Waals surface area (Å²) in [7, 11) is 0.360. The third kappa shape index (κ3) is 14.4. The van der Waals surface area contributed by atoms with Crippen molar-refractivity contribution in [3.8, 4) is 0 Å². The molecule has 0 aromatic rings. The summed E-state index contributed by atoms with van der Waals surface area (Å²) in [6.07, 6.45) is 12.6. The minimum absolute atomic E-state index is 0.0280. The molecule has 4 radical (unpaired) electrons. The molecular weight excluding hydrogens is 384 g/mol. The number of carbonyl (C=O) groups is 2. The second-order valence-electron chi connectivity index (χ2n) is 7.59. The number of hydrogen-bond donors (Lipinski definition) is 0. The zero-order valence-corrected chi connectivity index (χ0v) is 20.7. The molecule has 0 saturated carbocycles. The average molecular weight is 427 g/mol. The molecule has 0 amide bonds. The van der Waals surface area contributed by atoms with Gasteiger partial charge >= 0.3 is 19.5 Å². The lowest BCUT2D eigenvalue weighted by atomic mass is 9.96. The van der Waals surface area contributed by atoms with Gasteiger partial charge in [0.2, 0.25) is 0 Å². The van der Waals surface area contributed by atoms with E-state index in [2.05, 4.69) is 27.7 Å². The highest BCUT2D eigenvalue weighted by molar-refractivity contribution is 6.37. The van der Waals surface area contributed by atoms with Crippen LogP contribution in [-0.2, 0) is 18.4 Å². The first-order valence-corrected chi connectivity index (χ1v) is 13.7. The van der Waals surface area contributed by atoms with E-state index in [1.54, 1.807) is 0 Å². The van der Waals surface area contributed by atoms with Crippen molar-refractivity contribution in [3.05, 3.63) is 0 Å². The Morgan fingerprint density at radius 3 is 1.14 bits per heavy atom. The molecule has 0 aliphatic rings. The van der Waals surface area contributed by atoms with Crippen molar-refractivity contribution >= 4 is 31.5 Å². The molecule has 0 saturated heterocycles. The van der Waals surface area contributed by atoms with Crippen molar-refractivity contribution in [2.75, 3.05) is 0 Å². The Kier molecular flexibility index (Phi) is 19.2. The standard InChI is InChI=1S/C22H42O4Si2/c1-5-9-13-19(14-10-6-2)21(23)25-27-17-18-28-26-22(24)20(15-11-7-3)16-12-8-4/h19-20H,5-18H2,1-4H3. The van der Waals surface area contributed by atoms with Gasteiger partial charge in [-0.25, -0.2) is 0 Å². The van der Waals surface area contributed by atoms with Gasteiger partial charge in [0.05, 0.1) is 11.8 Å². The van der Waals surface area contributed by atoms with Crippen molar-refractivity contribution < 1.29 is 18.4 Å². The average Bonchev–Trinajstić information content (AvgIpc) is 2.70. The number of carbonyl (C=O) groups excluding carboxylic acids is 2. The fraction of sp³-hybridized carbons (Fsp3) is 0.909. The zero-order chi connectivity index (χ0) is 21.0. The summed E-state index contributed by atoms with van der Waals surface area (Å²) in [6, 6.07) is 1.58. The molecule has 0 atom stereocenters. The monoisotopic (exact) mass is 426 g/mol. The van der Waals surface area contributed by atoms with Crippen molar-refractivity contribution in [2.45, 2.75) is 117 Å². The van der Waals surface area contributed by atoms with Crippen LogP contribution in [0.3, 0.4) is 0 Å². The lowest BCUT2D eigenvalue weighted by Crippen LogP contribution is -2.21. The molecule has 28 heavy (non-hydrogen) atoms. The number of unbranched alkanes of at least 4 members (excludes halogenated alkanes) is 4. The van der Waals surface area contributed by atoms with Gasteiger partial charge in [-0.1, -0.05) is 79.1 Å². The van der Waals surface area contributed by atoms with Crippen LogP contribution >= 0.6 is 0 Å². The lowest BCUT2D eigenvalue weighted by Gasteiger charge is -2.16. The van der Waals surface area contributed by atoms with E-state index in [1.807, 2.05) is 0 Å². The van der Waals surface area contributed by atoms with Crippen LogP contribution in [0.4, 0.5) is 0 Å². The largest absolute Gasteiger partial charge is 0.516 e. The molecule has 0 fully saturated rings. The van der Waals surface area contributed by atoms with Crippen LogP contribution in [0.1, 0.15) is 105 Å². The Morgan fingerprint density at radius 1 is 0.607 bits per heavy atom. The van der Waals surface area contributed by atoms with Crippen molar-refractivity contribution in [3.63, 3.8) is 0 Å². The molecule has 0 bridgehead atoms. The summed E-state index contributed by atoms with van der Waals surface area (Å²) >= 11 is 0. The highest BCUT2D eigenvalue weighted by Crippen LogP contribution is 2.19. The highest BCUT2D eigenvalue weighted by Gasteiger charge is 2.20. The van der Waals surface area contributed by atoms with E-state index in [4.69, 9.17) is 8.85 Å². The molecule has 0 unspecified atom stereocenters. The van der Waals surface area contributed by atoms with Crippen LogP contribution in [-0.4, -0.2) is 31.5 Å². The van der Waals surface area contributed by atoms with Crippen LogP contribution in [0.15, 0.2) is 0 Å². The summed E-state index contributed by atoms with van der Waals surface area (Å²) in [5, 5.41) is 0. The first-order valence-electron chi connectivity index (χ1n) is 11.5. The predicted molar refractivity (Wildman–Crippen MR) is 118 cm³/mol. The quantitative estimate of drug-likeness (QED) is 0.184. The molecule has 0 aliphatic carbocycles. The minimum atomic E-state index is -0.0280. The maximum absolute atomic E-state index is 12.3. The maximum atomic E-state index is 12.3. The van der Waals surface area contributed by atoms with Crippen molar-refractivity contribution in [1.29, 1.82) is 0 Å². The van der Waals surface area contributed by atoms with E-state index < -0.39 is 0 Å². The van der Waals surface area contributed by atoms with E-state index in [0.717, 1.165) is 89.1 Å². The van der Waals surface area contributed by atoms with E-state index in [9.17, 15) is 9.59 Å². The normalized spacial score (nSPS) is 11.2. The highest BCUT2D eigenvalue weighted by atomic mass is 28.2. The topological polar surface area (TPSA) is 52.6 Å². The fourth-order valence-electron chi connectivity index (χ4n) is 3.08. The third-order valence-electron chi connectivity index (χ3n) is 4.97. The van der Waals surface area contributed by atoms with Gasteiger partial charge in [0, 0.05) is 0 Å². The van der Waals surface area contributed by atoms with Crippen LogP contribution in [0.2, 0.25) is 12.1 Å². The summed E-state index contributed by atoms with van der Waals surface area (Å²) in [5.74, 6) is 0.0654. The second kappa shape index (κ2) is 19.7. The van der Waals surface area contributed by atoms with Crippen LogP contribution in [0.25, 0.3) is 0 Å². The summed E-state index contributed by atoms with van der Waals surface area (Å²) in [4.78, 5) is 24.6. The van der Waals surface area contributed by atoms with E-state index >= 15 is 0 Å². The molecule has 162 valence electrons. The number of rotatable bonds is 19. The molecule has 4 nitrogen and oxygen atoms in total. The predicted octanol–water partition coefficient (Wildman–Crippen LogP) is 6.14. The molecule has 6 heteroatoms. The van der Waals surface area contributed by atoms with Gasteiger partial charge in [0.15, 0.2) is 0 Å². The summed E-state index contributed by atoms with van der Waals surface area (Å²) in [5.41, 5.74) is 0. The molecule has 0 rings (SSSR count). The first kappa shape index (κ1) is 27.4. The molecule has 0 N–H and O–H groups in total. The smallest absolute Gasteiger partial charge is 0.314 e. The van der Waals surface area contributed by atoms with Gasteiger partial charge in [-0.3, -0.25) is 9.59 Å². The molecule has 0 aromatic carbocycles. The Hall–Kier alpha value is -0.626. The molecular formula is C22H42O4Si2. The van der Waals surface area contributed by atoms with Gasteiger partial charge in [-0.15, -0.1) is 0 Å². The molecule has 0 heterocycles. The van der Waals surface area contributed by atoms with E-state index in [1.165, 1.54) is 0 Å². The van der Waals surface area contributed by atoms with Crippen molar-refractivity contribution in [1.82, 2.24) is 0 Å². The fourth-order valence-corrected chi connectivity index (χ4v) is 4.71. The Balaban J connectivity index is 4.02. The molecule has 0 spiro atoms. The van der Waals surface area contributed by atoms with Crippen LogP contribution in [0.5, 0.6) is 0 Å². The maximum Gasteiger partial charge on any atom is 0.314 e. The molecule has 0 aliphatic heterocycles. The van der Waals surface area contributed by atoms with Gasteiger partial charge in [0.25, 0.3) is 11.9 Å². The first-order chi connectivity index (χ1) is 13.6.